The van der Waals surface area contributed by atoms with E-state index in [0.29, 0.717) is 16.9 Å². The average molecular weight is 448 g/mol. The molecule has 0 unspecified atom stereocenters. The predicted octanol–water partition coefficient (Wildman–Crippen LogP) is 3.29. The van der Waals surface area contributed by atoms with Crippen LogP contribution in [0.5, 0.6) is 5.75 Å². The minimum Gasteiger partial charge on any atom is -0.497 e. The van der Waals surface area contributed by atoms with Gasteiger partial charge in [0.05, 0.1) is 26.5 Å². The molecule has 3 N–H and O–H groups in total. The predicted molar refractivity (Wildman–Crippen MR) is 118 cm³/mol. The maximum atomic E-state index is 12.7. The van der Waals surface area contributed by atoms with Crippen LogP contribution in [0.2, 0.25) is 0 Å². The van der Waals surface area contributed by atoms with E-state index in [2.05, 4.69) is 5.32 Å². The van der Waals surface area contributed by atoms with E-state index in [9.17, 15) is 14.2 Å². The highest BCUT2D eigenvalue weighted by Crippen LogP contribution is 2.51. The highest BCUT2D eigenvalue weighted by Gasteiger charge is 2.24. The van der Waals surface area contributed by atoms with Crippen LogP contribution in [-0.2, 0) is 31.0 Å². The Morgan fingerprint density at radius 3 is 2.23 bits per heavy atom. The molecule has 2 rings (SSSR count). The van der Waals surface area contributed by atoms with Crippen LogP contribution in [0.15, 0.2) is 48.5 Å². The van der Waals surface area contributed by atoms with Gasteiger partial charge in [-0.15, -0.1) is 0 Å². The van der Waals surface area contributed by atoms with Gasteiger partial charge in [0.15, 0.2) is 0 Å². The minimum atomic E-state index is -3.23. The number of methoxy groups -OCH3 is 1. The maximum Gasteiger partial charge on any atom is 0.335 e. The second-order valence-corrected chi connectivity index (χ2v) is 8.84. The summed E-state index contributed by atoms with van der Waals surface area (Å²) in [5, 5.41) is 2.67. The van der Waals surface area contributed by atoms with Gasteiger partial charge in [-0.1, -0.05) is 24.3 Å². The number of ether oxygens (including phenoxy) is 1. The molecular weight excluding hydrogens is 419 g/mol. The molecule has 8 nitrogen and oxygen atoms in total. The highest BCUT2D eigenvalue weighted by molar-refractivity contribution is 7.53. The minimum absolute atomic E-state index is 0.107. The van der Waals surface area contributed by atoms with Gasteiger partial charge in [-0.25, -0.2) is 0 Å². The van der Waals surface area contributed by atoms with Crippen molar-refractivity contribution in [2.45, 2.75) is 32.5 Å². The maximum absolute atomic E-state index is 12.7. The third-order valence-corrected chi connectivity index (χ3v) is 6.52. The van der Waals surface area contributed by atoms with E-state index >= 15 is 0 Å². The SMILES string of the molecule is CCOP(=O)(Cc1ccc(C(=O)N[C@H](Cc2cccc(OC)c2)C(N)=O)cc1)OCC. The normalized spacial score (nSPS) is 12.2. The van der Waals surface area contributed by atoms with Crippen molar-refractivity contribution in [3.63, 3.8) is 0 Å². The zero-order valence-electron chi connectivity index (χ0n) is 18.0. The van der Waals surface area contributed by atoms with Gasteiger partial charge < -0.3 is 24.8 Å². The zero-order chi connectivity index (χ0) is 22.9. The lowest BCUT2D eigenvalue weighted by Crippen LogP contribution is -2.45. The summed E-state index contributed by atoms with van der Waals surface area (Å²) in [4.78, 5) is 24.5. The Kier molecular flexibility index (Phi) is 9.24. The summed E-state index contributed by atoms with van der Waals surface area (Å²) in [6, 6.07) is 12.9. The molecule has 0 saturated heterocycles. The molecular formula is C22H29N2O6P. The number of rotatable bonds is 12. The number of hydrogen-bond donors (Lipinski definition) is 2. The molecule has 31 heavy (non-hydrogen) atoms. The summed E-state index contributed by atoms with van der Waals surface area (Å²) in [5.41, 5.74) is 7.36. The van der Waals surface area contributed by atoms with Crippen LogP contribution in [-0.4, -0.2) is 38.2 Å². The fraction of sp³-hybridized carbons (Fsp3) is 0.364. The van der Waals surface area contributed by atoms with Crippen molar-refractivity contribution < 1.29 is 27.9 Å². The molecule has 0 heterocycles. The van der Waals surface area contributed by atoms with E-state index in [1.165, 1.54) is 0 Å². The van der Waals surface area contributed by atoms with E-state index in [-0.39, 0.29) is 25.8 Å². The van der Waals surface area contributed by atoms with Gasteiger partial charge in [0, 0.05) is 12.0 Å². The lowest BCUT2D eigenvalue weighted by molar-refractivity contribution is -0.119. The fourth-order valence-corrected chi connectivity index (χ4v) is 4.71. The molecule has 0 spiro atoms. The summed E-state index contributed by atoms with van der Waals surface area (Å²) < 4.78 is 28.4. The molecule has 168 valence electrons. The molecule has 0 aliphatic heterocycles. The van der Waals surface area contributed by atoms with Crippen molar-refractivity contribution >= 4 is 19.4 Å². The molecule has 1 atom stereocenters. The van der Waals surface area contributed by atoms with Gasteiger partial charge in [-0.2, -0.15) is 0 Å². The highest BCUT2D eigenvalue weighted by atomic mass is 31.2. The van der Waals surface area contributed by atoms with Gasteiger partial charge in [-0.05, 0) is 49.2 Å². The molecule has 0 radical (unpaired) electrons. The summed E-state index contributed by atoms with van der Waals surface area (Å²) >= 11 is 0. The van der Waals surface area contributed by atoms with Crippen molar-refractivity contribution in [1.82, 2.24) is 5.32 Å². The number of amides is 2. The van der Waals surface area contributed by atoms with Crippen molar-refractivity contribution in [2.75, 3.05) is 20.3 Å². The van der Waals surface area contributed by atoms with Crippen LogP contribution in [0.25, 0.3) is 0 Å². The number of benzene rings is 2. The van der Waals surface area contributed by atoms with Crippen molar-refractivity contribution in [2.24, 2.45) is 5.73 Å². The van der Waals surface area contributed by atoms with Crippen molar-refractivity contribution in [1.29, 1.82) is 0 Å². The molecule has 2 amide bonds. The molecule has 9 heteroatoms. The first kappa shape index (κ1) is 24.6. The lowest BCUT2D eigenvalue weighted by atomic mass is 10.0. The van der Waals surface area contributed by atoms with Gasteiger partial charge in [0.1, 0.15) is 11.8 Å². The fourth-order valence-electron chi connectivity index (χ4n) is 3.01. The van der Waals surface area contributed by atoms with Crippen LogP contribution in [0.3, 0.4) is 0 Å². The van der Waals surface area contributed by atoms with Gasteiger partial charge >= 0.3 is 7.60 Å². The molecule has 0 aliphatic carbocycles. The van der Waals surface area contributed by atoms with E-state index in [0.717, 1.165) is 5.56 Å². The van der Waals surface area contributed by atoms with Crippen LogP contribution >= 0.6 is 7.60 Å². The van der Waals surface area contributed by atoms with E-state index in [1.807, 2.05) is 6.07 Å². The first-order valence-corrected chi connectivity index (χ1v) is 11.7. The van der Waals surface area contributed by atoms with Gasteiger partial charge in [0.2, 0.25) is 5.91 Å². The monoisotopic (exact) mass is 448 g/mol. The van der Waals surface area contributed by atoms with E-state index < -0.39 is 25.5 Å². The first-order chi connectivity index (χ1) is 14.8. The number of nitrogens with two attached hydrogens (primary N) is 1. The summed E-state index contributed by atoms with van der Waals surface area (Å²) in [6.45, 7) is 4.05. The number of nitrogens with one attached hydrogen (secondary N) is 1. The smallest absolute Gasteiger partial charge is 0.335 e. The van der Waals surface area contributed by atoms with Crippen LogP contribution in [0.4, 0.5) is 0 Å². The van der Waals surface area contributed by atoms with Gasteiger partial charge in [0.25, 0.3) is 5.91 Å². The largest absolute Gasteiger partial charge is 0.497 e. The Bertz CT molecular complexity index is 922. The Labute approximate surface area is 182 Å². The molecule has 0 fully saturated rings. The Balaban J connectivity index is 2.07. The van der Waals surface area contributed by atoms with Crippen molar-refractivity contribution in [3.05, 3.63) is 65.2 Å². The van der Waals surface area contributed by atoms with Crippen LogP contribution < -0.4 is 15.8 Å². The quantitative estimate of drug-likeness (QED) is 0.481. The molecule has 2 aromatic rings. The van der Waals surface area contributed by atoms with Crippen molar-refractivity contribution in [3.8, 4) is 5.75 Å². The number of primary amides is 1. The Morgan fingerprint density at radius 2 is 1.68 bits per heavy atom. The third kappa shape index (κ3) is 7.51. The van der Waals surface area contributed by atoms with E-state index in [1.54, 1.807) is 63.4 Å². The van der Waals surface area contributed by atoms with Gasteiger partial charge in [-0.3, -0.25) is 14.2 Å². The third-order valence-electron chi connectivity index (χ3n) is 4.47. The topological polar surface area (TPSA) is 117 Å². The first-order valence-electron chi connectivity index (χ1n) is 10.0. The molecule has 0 aromatic heterocycles. The number of carbonyl (C=O) groups excluding carboxylic acids is 2. The Hall–Kier alpha value is -2.67. The summed E-state index contributed by atoms with van der Waals surface area (Å²) in [6.07, 6.45) is 0.346. The zero-order valence-corrected chi connectivity index (χ0v) is 18.9. The Morgan fingerprint density at radius 1 is 1.03 bits per heavy atom. The molecule has 0 bridgehead atoms. The number of carbonyl (C=O) groups is 2. The second-order valence-electron chi connectivity index (χ2n) is 6.79. The lowest BCUT2D eigenvalue weighted by Gasteiger charge is -2.18. The molecule has 0 saturated carbocycles. The van der Waals surface area contributed by atoms with E-state index in [4.69, 9.17) is 19.5 Å². The second kappa shape index (κ2) is 11.6. The van der Waals surface area contributed by atoms with Crippen LogP contribution in [0.1, 0.15) is 35.3 Å². The summed E-state index contributed by atoms with van der Waals surface area (Å²) in [7, 11) is -1.68. The standard InChI is InChI=1S/C22H29N2O6P/c1-4-29-31(27,30-5-2)15-16-9-11-18(12-10-16)22(26)24-20(21(23)25)14-17-7-6-8-19(13-17)28-3/h6-13,20H,4-5,14-15H2,1-3H3,(H2,23,25)(H,24,26)/t20-/m1/s1. The average Bonchev–Trinajstić information content (AvgIpc) is 2.74. The number of hydrogen-bond acceptors (Lipinski definition) is 6. The molecule has 0 aliphatic rings. The summed E-state index contributed by atoms with van der Waals surface area (Å²) in [5.74, 6) is -0.419. The molecule has 2 aromatic carbocycles. The van der Waals surface area contributed by atoms with Crippen LogP contribution in [0, 0.1) is 0 Å².